The Bertz CT molecular complexity index is 1960. The van der Waals surface area contributed by atoms with Crippen molar-refractivity contribution in [2.24, 2.45) is 0 Å². The molecule has 2 N–H and O–H groups in total. The lowest BCUT2D eigenvalue weighted by Crippen LogP contribution is -2.63. The predicted octanol–water partition coefficient (Wildman–Crippen LogP) is 6.95. The molecule has 1 heterocycles. The summed E-state index contributed by atoms with van der Waals surface area (Å²) >= 11 is 0. The number of amides is 2. The summed E-state index contributed by atoms with van der Waals surface area (Å²) in [6, 6.07) is 23.0. The van der Waals surface area contributed by atoms with E-state index in [2.05, 4.69) is 10.6 Å². The standard InChI is InChI=1S/C39H36F3N3O9/c1-3-49-37-36(50-21-25-11-13-27(40)14-12-25)35(54-39(48)45-31-16-15-28(41)19-30(31)42)34(53-33(46)18-24-9-7-23(2)8-10-24)32(52-37)22-51-38(47)44-29-6-4-5-26(17-29)20-43/h4-17,19,32,34-37H,3,18,21-22H2,1-2H3,(H,44,47)(H,45,48)/t32-,34-,35+,36-,37+/m1/s1. The number of rotatable bonds is 13. The molecule has 282 valence electrons. The zero-order valence-electron chi connectivity index (χ0n) is 29.1. The molecule has 0 radical (unpaired) electrons. The Balaban J connectivity index is 1.46. The fourth-order valence-corrected chi connectivity index (χ4v) is 5.43. The van der Waals surface area contributed by atoms with Crippen LogP contribution in [0.3, 0.4) is 0 Å². The van der Waals surface area contributed by atoms with Gasteiger partial charge >= 0.3 is 18.2 Å². The maximum absolute atomic E-state index is 14.5. The Kier molecular flexibility index (Phi) is 13.6. The highest BCUT2D eigenvalue weighted by Crippen LogP contribution is 2.31. The monoisotopic (exact) mass is 747 g/mol. The van der Waals surface area contributed by atoms with E-state index in [4.69, 9.17) is 28.4 Å². The Labute approximate surface area is 308 Å². The summed E-state index contributed by atoms with van der Waals surface area (Å²) < 4.78 is 77.1. The summed E-state index contributed by atoms with van der Waals surface area (Å²) in [6.45, 7) is 2.84. The zero-order valence-corrected chi connectivity index (χ0v) is 29.1. The molecule has 5 rings (SSSR count). The van der Waals surface area contributed by atoms with Crippen molar-refractivity contribution in [2.75, 3.05) is 23.8 Å². The number of halogens is 3. The molecule has 15 heteroatoms. The topological polar surface area (TPSA) is 154 Å². The number of nitriles is 1. The molecule has 12 nitrogen and oxygen atoms in total. The van der Waals surface area contributed by atoms with E-state index in [1.807, 2.05) is 25.1 Å². The second-order valence-electron chi connectivity index (χ2n) is 12.1. The number of carbonyl (C=O) groups is 3. The Morgan fingerprint density at radius 1 is 0.796 bits per heavy atom. The molecule has 1 saturated heterocycles. The zero-order chi connectivity index (χ0) is 38.6. The Hall–Kier alpha value is -5.95. The van der Waals surface area contributed by atoms with Gasteiger partial charge in [0.1, 0.15) is 36.3 Å². The van der Waals surface area contributed by atoms with Gasteiger partial charge in [0.25, 0.3) is 0 Å². The van der Waals surface area contributed by atoms with Crippen LogP contribution in [0.2, 0.25) is 0 Å². The molecule has 0 aromatic heterocycles. The average molecular weight is 748 g/mol. The van der Waals surface area contributed by atoms with Gasteiger partial charge in [0.05, 0.1) is 30.3 Å². The molecular weight excluding hydrogens is 711 g/mol. The fraction of sp³-hybridized carbons (Fsp3) is 0.282. The number of ether oxygens (including phenoxy) is 6. The van der Waals surface area contributed by atoms with E-state index in [1.54, 1.807) is 31.2 Å². The van der Waals surface area contributed by atoms with Gasteiger partial charge in [-0.2, -0.15) is 5.26 Å². The van der Waals surface area contributed by atoms with Crippen molar-refractivity contribution >= 4 is 29.5 Å². The van der Waals surface area contributed by atoms with Crippen molar-refractivity contribution in [3.63, 3.8) is 0 Å². The predicted molar refractivity (Wildman–Crippen MR) is 186 cm³/mol. The van der Waals surface area contributed by atoms with Crippen LogP contribution in [0, 0.1) is 35.7 Å². The maximum Gasteiger partial charge on any atom is 0.412 e. The van der Waals surface area contributed by atoms with Crippen molar-refractivity contribution in [1.82, 2.24) is 0 Å². The van der Waals surface area contributed by atoms with Gasteiger partial charge < -0.3 is 28.4 Å². The maximum atomic E-state index is 14.5. The molecule has 0 bridgehead atoms. The molecule has 1 fully saturated rings. The lowest BCUT2D eigenvalue weighted by molar-refractivity contribution is -0.311. The number of hydrogen-bond acceptors (Lipinski definition) is 10. The van der Waals surface area contributed by atoms with Crippen LogP contribution in [0.1, 0.15) is 29.2 Å². The number of nitrogens with one attached hydrogen (secondary N) is 2. The van der Waals surface area contributed by atoms with Crippen molar-refractivity contribution < 1.29 is 56.0 Å². The molecule has 2 amide bonds. The molecule has 0 aliphatic carbocycles. The number of benzene rings is 4. The summed E-state index contributed by atoms with van der Waals surface area (Å²) in [5.74, 6) is -3.23. The van der Waals surface area contributed by atoms with Crippen LogP contribution in [-0.2, 0) is 46.2 Å². The molecule has 0 saturated carbocycles. The summed E-state index contributed by atoms with van der Waals surface area (Å²) in [4.78, 5) is 39.8. The van der Waals surface area contributed by atoms with E-state index in [9.17, 15) is 32.8 Å². The first-order valence-electron chi connectivity index (χ1n) is 16.8. The van der Waals surface area contributed by atoms with Gasteiger partial charge in [-0.3, -0.25) is 15.4 Å². The highest BCUT2D eigenvalue weighted by atomic mass is 19.1. The second-order valence-corrected chi connectivity index (χ2v) is 12.1. The van der Waals surface area contributed by atoms with Crippen molar-refractivity contribution in [3.8, 4) is 6.07 Å². The minimum absolute atomic E-state index is 0.0575. The lowest BCUT2D eigenvalue weighted by Gasteiger charge is -2.44. The molecule has 5 atom stereocenters. The minimum atomic E-state index is -1.56. The van der Waals surface area contributed by atoms with Crippen molar-refractivity contribution in [2.45, 2.75) is 57.6 Å². The highest BCUT2D eigenvalue weighted by Gasteiger charge is 2.52. The highest BCUT2D eigenvalue weighted by molar-refractivity contribution is 5.85. The Morgan fingerprint density at radius 3 is 2.22 bits per heavy atom. The van der Waals surface area contributed by atoms with Crippen LogP contribution in [0.5, 0.6) is 0 Å². The third-order valence-electron chi connectivity index (χ3n) is 8.04. The number of hydrogen-bond donors (Lipinski definition) is 2. The molecule has 4 aromatic rings. The van der Waals surface area contributed by atoms with Crippen molar-refractivity contribution in [3.05, 3.63) is 131 Å². The van der Waals surface area contributed by atoms with Gasteiger partial charge in [0, 0.05) is 18.4 Å². The SMILES string of the molecule is CCO[C@H]1O[C@H](COC(=O)Nc2cccc(C#N)c2)[C@@H](OC(=O)Cc2ccc(C)cc2)[C@H](OC(=O)Nc2ccc(F)cc2F)[C@H]1OCc1ccc(F)cc1. The molecule has 54 heavy (non-hydrogen) atoms. The van der Waals surface area contributed by atoms with E-state index in [-0.39, 0.29) is 30.9 Å². The lowest BCUT2D eigenvalue weighted by atomic mass is 9.98. The normalized spacial score (nSPS) is 19.2. The summed E-state index contributed by atoms with van der Waals surface area (Å²) in [5, 5.41) is 13.9. The number of anilines is 2. The van der Waals surface area contributed by atoms with Gasteiger partial charge in [-0.05, 0) is 67.4 Å². The van der Waals surface area contributed by atoms with Crippen LogP contribution >= 0.6 is 0 Å². The first-order chi connectivity index (χ1) is 26.0. The van der Waals surface area contributed by atoms with E-state index in [0.29, 0.717) is 17.2 Å². The summed E-state index contributed by atoms with van der Waals surface area (Å²) in [6.07, 6.45) is -9.51. The molecule has 1 aliphatic heterocycles. The third kappa shape index (κ3) is 11.0. The van der Waals surface area contributed by atoms with Gasteiger partial charge in [0.2, 0.25) is 0 Å². The molecule has 0 spiro atoms. The quantitative estimate of drug-likeness (QED) is 0.108. The minimum Gasteiger partial charge on any atom is -0.455 e. The third-order valence-corrected chi connectivity index (χ3v) is 8.04. The van der Waals surface area contributed by atoms with Crippen LogP contribution in [0.25, 0.3) is 0 Å². The first kappa shape index (κ1) is 39.3. The number of aryl methyl sites for hydroxylation is 1. The summed E-state index contributed by atoms with van der Waals surface area (Å²) in [7, 11) is 0. The van der Waals surface area contributed by atoms with Gasteiger partial charge in [-0.25, -0.2) is 22.8 Å². The average Bonchev–Trinajstić information content (AvgIpc) is 3.14. The van der Waals surface area contributed by atoms with Crippen LogP contribution in [0.4, 0.5) is 34.1 Å². The number of esters is 1. The van der Waals surface area contributed by atoms with E-state index in [0.717, 1.165) is 17.7 Å². The van der Waals surface area contributed by atoms with Crippen LogP contribution < -0.4 is 10.6 Å². The fourth-order valence-electron chi connectivity index (χ4n) is 5.43. The largest absolute Gasteiger partial charge is 0.455 e. The first-order valence-corrected chi connectivity index (χ1v) is 16.8. The second kappa shape index (κ2) is 18.7. The Morgan fingerprint density at radius 2 is 1.52 bits per heavy atom. The van der Waals surface area contributed by atoms with E-state index in [1.165, 1.54) is 36.4 Å². The number of carbonyl (C=O) groups excluding carboxylic acids is 3. The molecule has 1 aliphatic rings. The van der Waals surface area contributed by atoms with Crippen molar-refractivity contribution in [1.29, 1.82) is 5.26 Å². The smallest absolute Gasteiger partial charge is 0.412 e. The van der Waals surface area contributed by atoms with Crippen LogP contribution in [0.15, 0.2) is 91.0 Å². The summed E-state index contributed by atoms with van der Waals surface area (Å²) in [5.41, 5.74) is 2.21. The van der Waals surface area contributed by atoms with E-state index >= 15 is 0 Å². The molecular formula is C39H36F3N3O9. The van der Waals surface area contributed by atoms with E-state index < -0.39 is 78.6 Å². The van der Waals surface area contributed by atoms with Gasteiger partial charge in [-0.15, -0.1) is 0 Å². The van der Waals surface area contributed by atoms with Gasteiger partial charge in [-0.1, -0.05) is 48.0 Å². The van der Waals surface area contributed by atoms with Gasteiger partial charge in [0.15, 0.2) is 18.5 Å². The molecule has 4 aromatic carbocycles. The van der Waals surface area contributed by atoms with Crippen LogP contribution in [-0.4, -0.2) is 62.1 Å². The number of nitrogens with zero attached hydrogens (tertiary/aromatic N) is 1. The molecule has 0 unspecified atom stereocenters.